The molecule has 0 aliphatic carbocycles. The van der Waals surface area contributed by atoms with Crippen LogP contribution in [0.2, 0.25) is 0 Å². The fourth-order valence-electron chi connectivity index (χ4n) is 2.64. The Balaban J connectivity index is 2.75. The Labute approximate surface area is 131 Å². The van der Waals surface area contributed by atoms with Crippen LogP contribution in [0, 0.1) is 5.92 Å². The number of hydrogen-bond donors (Lipinski definition) is 1. The highest BCUT2D eigenvalue weighted by Crippen LogP contribution is 2.18. The van der Waals surface area contributed by atoms with E-state index in [4.69, 9.17) is 4.74 Å². The Morgan fingerprint density at radius 3 is 2.59 bits per heavy atom. The van der Waals surface area contributed by atoms with Crippen molar-refractivity contribution in [1.82, 2.24) is 10.2 Å². The first-order valence-electron chi connectivity index (χ1n) is 7.72. The molecule has 1 rings (SSSR count). The van der Waals surface area contributed by atoms with Crippen LogP contribution < -0.4 is 5.32 Å². The van der Waals surface area contributed by atoms with Crippen molar-refractivity contribution >= 4 is 17.8 Å². The van der Waals surface area contributed by atoms with Crippen molar-refractivity contribution in [2.24, 2.45) is 5.92 Å². The Morgan fingerprint density at radius 1 is 1.36 bits per heavy atom. The minimum atomic E-state index is -0.670. The number of likely N-dealkylation sites (tertiary alicyclic amines) is 1. The van der Waals surface area contributed by atoms with Crippen molar-refractivity contribution in [3.8, 4) is 0 Å². The van der Waals surface area contributed by atoms with Gasteiger partial charge >= 0.3 is 5.97 Å². The number of carbonyl (C=O) groups is 3. The second kappa shape index (κ2) is 8.56. The molecule has 0 aromatic heterocycles. The van der Waals surface area contributed by atoms with Crippen molar-refractivity contribution in [3.63, 3.8) is 0 Å². The number of methoxy groups -OCH3 is 1. The van der Waals surface area contributed by atoms with Crippen molar-refractivity contribution in [3.05, 3.63) is 12.2 Å². The zero-order valence-electron chi connectivity index (χ0n) is 13.8. The lowest BCUT2D eigenvalue weighted by atomic mass is 10.0. The lowest BCUT2D eigenvalue weighted by Crippen LogP contribution is -2.51. The summed E-state index contributed by atoms with van der Waals surface area (Å²) in [5, 5.41) is 2.74. The molecular weight excluding hydrogens is 284 g/mol. The van der Waals surface area contributed by atoms with Crippen LogP contribution in [0.15, 0.2) is 12.2 Å². The van der Waals surface area contributed by atoms with Crippen LogP contribution in [0.4, 0.5) is 0 Å². The number of ether oxygens (including phenoxy) is 1. The van der Waals surface area contributed by atoms with Crippen LogP contribution in [0.25, 0.3) is 0 Å². The molecule has 0 unspecified atom stereocenters. The molecule has 1 N–H and O–H groups in total. The number of nitrogens with zero attached hydrogens (tertiary/aromatic N) is 1. The molecule has 2 atom stereocenters. The van der Waals surface area contributed by atoms with Gasteiger partial charge in [0, 0.05) is 6.54 Å². The van der Waals surface area contributed by atoms with Crippen LogP contribution in [0.5, 0.6) is 0 Å². The van der Waals surface area contributed by atoms with Gasteiger partial charge in [0.15, 0.2) is 0 Å². The molecule has 1 heterocycles. The number of hydrogen-bond acceptors (Lipinski definition) is 4. The predicted molar refractivity (Wildman–Crippen MR) is 83.0 cm³/mol. The molecule has 22 heavy (non-hydrogen) atoms. The summed E-state index contributed by atoms with van der Waals surface area (Å²) in [6.07, 6.45) is 5.02. The molecule has 2 amide bonds. The third kappa shape index (κ3) is 4.86. The zero-order valence-corrected chi connectivity index (χ0v) is 13.8. The number of carbonyl (C=O) groups excluding carboxylic acids is 3. The summed E-state index contributed by atoms with van der Waals surface area (Å²) in [5.74, 6) is -0.662. The molecule has 1 aliphatic heterocycles. The average molecular weight is 310 g/mol. The van der Waals surface area contributed by atoms with Crippen LogP contribution >= 0.6 is 0 Å². The number of nitrogens with one attached hydrogen (secondary N) is 1. The number of allylic oxidation sites excluding steroid dienone is 1. The first-order valence-corrected chi connectivity index (χ1v) is 7.72. The van der Waals surface area contributed by atoms with E-state index in [1.54, 1.807) is 17.9 Å². The number of amides is 2. The SMILES string of the molecule is C/C=C/C(=O)N1CCC[C@H]1C(=O)N[C@@H](CC(C)C)C(=O)OC. The van der Waals surface area contributed by atoms with Crippen LogP contribution in [-0.4, -0.2) is 48.4 Å². The van der Waals surface area contributed by atoms with Crippen molar-refractivity contribution < 1.29 is 19.1 Å². The van der Waals surface area contributed by atoms with E-state index in [0.717, 1.165) is 6.42 Å². The van der Waals surface area contributed by atoms with Gasteiger partial charge in [0.25, 0.3) is 0 Å². The minimum Gasteiger partial charge on any atom is -0.467 e. The lowest BCUT2D eigenvalue weighted by Gasteiger charge is -2.25. The van der Waals surface area contributed by atoms with Crippen molar-refractivity contribution in [2.45, 2.75) is 52.1 Å². The van der Waals surface area contributed by atoms with E-state index in [1.807, 2.05) is 13.8 Å². The third-order valence-corrected chi connectivity index (χ3v) is 3.66. The molecule has 1 fully saturated rings. The van der Waals surface area contributed by atoms with Gasteiger partial charge < -0.3 is 15.0 Å². The van der Waals surface area contributed by atoms with E-state index in [2.05, 4.69) is 5.32 Å². The average Bonchev–Trinajstić information content (AvgIpc) is 2.95. The number of rotatable bonds is 6. The Kier molecular flexibility index (Phi) is 7.08. The van der Waals surface area contributed by atoms with Crippen LogP contribution in [0.3, 0.4) is 0 Å². The molecule has 6 heteroatoms. The third-order valence-electron chi connectivity index (χ3n) is 3.66. The summed E-state index contributed by atoms with van der Waals surface area (Å²) in [7, 11) is 1.30. The Hall–Kier alpha value is -1.85. The van der Waals surface area contributed by atoms with E-state index in [9.17, 15) is 14.4 Å². The summed E-state index contributed by atoms with van der Waals surface area (Å²) >= 11 is 0. The largest absolute Gasteiger partial charge is 0.467 e. The summed E-state index contributed by atoms with van der Waals surface area (Å²) < 4.78 is 4.74. The summed E-state index contributed by atoms with van der Waals surface area (Å²) in [4.78, 5) is 37.8. The molecule has 0 aromatic carbocycles. The van der Waals surface area contributed by atoms with Gasteiger partial charge in [0.1, 0.15) is 12.1 Å². The van der Waals surface area contributed by atoms with Crippen molar-refractivity contribution in [1.29, 1.82) is 0 Å². The maximum absolute atomic E-state index is 12.4. The first-order chi connectivity index (χ1) is 10.4. The molecule has 0 spiro atoms. The van der Waals surface area contributed by atoms with E-state index < -0.39 is 18.1 Å². The van der Waals surface area contributed by atoms with Crippen molar-refractivity contribution in [2.75, 3.05) is 13.7 Å². The second-order valence-electron chi connectivity index (χ2n) is 5.90. The van der Waals surface area contributed by atoms with E-state index in [1.165, 1.54) is 13.2 Å². The molecular formula is C16H26N2O4. The van der Waals surface area contributed by atoms with E-state index in [-0.39, 0.29) is 17.7 Å². The predicted octanol–water partition coefficient (Wildman–Crippen LogP) is 1.26. The molecule has 0 bridgehead atoms. The second-order valence-corrected chi connectivity index (χ2v) is 5.90. The van der Waals surface area contributed by atoms with Gasteiger partial charge in [-0.3, -0.25) is 9.59 Å². The molecule has 0 radical (unpaired) electrons. The van der Waals surface area contributed by atoms with Gasteiger partial charge in [0.05, 0.1) is 7.11 Å². The highest BCUT2D eigenvalue weighted by Gasteiger charge is 2.35. The molecule has 1 aliphatic rings. The molecule has 6 nitrogen and oxygen atoms in total. The van der Waals surface area contributed by atoms with Gasteiger partial charge in [-0.25, -0.2) is 4.79 Å². The fourth-order valence-corrected chi connectivity index (χ4v) is 2.64. The topological polar surface area (TPSA) is 75.7 Å². The summed E-state index contributed by atoms with van der Waals surface area (Å²) in [5.41, 5.74) is 0. The highest BCUT2D eigenvalue weighted by molar-refractivity contribution is 5.94. The summed E-state index contributed by atoms with van der Waals surface area (Å²) in [6.45, 7) is 6.27. The fraction of sp³-hybridized carbons (Fsp3) is 0.688. The van der Waals surface area contributed by atoms with Gasteiger partial charge in [-0.1, -0.05) is 19.9 Å². The Morgan fingerprint density at radius 2 is 2.05 bits per heavy atom. The monoisotopic (exact) mass is 310 g/mol. The smallest absolute Gasteiger partial charge is 0.328 e. The Bertz CT molecular complexity index is 445. The summed E-state index contributed by atoms with van der Waals surface area (Å²) in [6, 6.07) is -1.18. The van der Waals surface area contributed by atoms with E-state index in [0.29, 0.717) is 19.4 Å². The molecule has 124 valence electrons. The molecule has 1 saturated heterocycles. The zero-order chi connectivity index (χ0) is 16.7. The molecule has 0 aromatic rings. The van der Waals surface area contributed by atoms with Gasteiger partial charge in [-0.2, -0.15) is 0 Å². The highest BCUT2D eigenvalue weighted by atomic mass is 16.5. The maximum atomic E-state index is 12.4. The number of esters is 1. The quantitative estimate of drug-likeness (QED) is 0.592. The van der Waals surface area contributed by atoms with Crippen LogP contribution in [0.1, 0.15) is 40.0 Å². The van der Waals surface area contributed by atoms with Gasteiger partial charge in [-0.05, 0) is 38.2 Å². The molecule has 0 saturated carbocycles. The standard InChI is InChI=1S/C16H26N2O4/c1-5-7-14(19)18-9-6-8-13(18)15(20)17-12(10-11(2)3)16(21)22-4/h5,7,11-13H,6,8-10H2,1-4H3,(H,17,20)/b7-5+/t12-,13-/m0/s1. The first kappa shape index (κ1) is 18.2. The lowest BCUT2D eigenvalue weighted by molar-refractivity contribution is -0.146. The minimum absolute atomic E-state index is 0.168. The maximum Gasteiger partial charge on any atom is 0.328 e. The normalized spacial score (nSPS) is 19.5. The van der Waals surface area contributed by atoms with E-state index >= 15 is 0 Å². The van der Waals surface area contributed by atoms with Gasteiger partial charge in [-0.15, -0.1) is 0 Å². The van der Waals surface area contributed by atoms with Crippen LogP contribution in [-0.2, 0) is 19.1 Å². The van der Waals surface area contributed by atoms with Gasteiger partial charge in [0.2, 0.25) is 11.8 Å².